The Hall–Kier alpha value is -2.79. The van der Waals surface area contributed by atoms with E-state index in [0.717, 1.165) is 11.6 Å². The quantitative estimate of drug-likeness (QED) is 0.228. The summed E-state index contributed by atoms with van der Waals surface area (Å²) in [7, 11) is 0. The van der Waals surface area contributed by atoms with E-state index in [1.807, 2.05) is 24.3 Å². The molecule has 1 atom stereocenters. The van der Waals surface area contributed by atoms with Gasteiger partial charge in [0.25, 0.3) is 0 Å². The molecule has 0 saturated carbocycles. The zero-order valence-electron chi connectivity index (χ0n) is 20.6. The number of aromatic nitrogens is 2. The van der Waals surface area contributed by atoms with Crippen molar-refractivity contribution >= 4 is 5.91 Å². The molecule has 0 saturated heterocycles. The monoisotopic (exact) mass is 697 g/mol. The Bertz CT molecular complexity index is 1190. The second-order valence-electron chi connectivity index (χ2n) is 9.17. The Balaban J connectivity index is 0.00000235. The average Bonchev–Trinajstić information content (AvgIpc) is 3.36. The van der Waals surface area contributed by atoms with Crippen molar-refractivity contribution in [2.75, 3.05) is 13.1 Å². The van der Waals surface area contributed by atoms with Crippen molar-refractivity contribution in [1.82, 2.24) is 15.1 Å². The van der Waals surface area contributed by atoms with Crippen LogP contribution in [0.4, 0.5) is 17.6 Å². The van der Waals surface area contributed by atoms with E-state index in [1.54, 1.807) is 0 Å². The van der Waals surface area contributed by atoms with Gasteiger partial charge in [0.15, 0.2) is 0 Å². The molecule has 6 nitrogen and oxygen atoms in total. The summed E-state index contributed by atoms with van der Waals surface area (Å²) in [5.74, 6) is -3.60. The molecule has 0 aliphatic heterocycles. The van der Waals surface area contributed by atoms with Gasteiger partial charge in [0, 0.05) is 5.56 Å². The van der Waals surface area contributed by atoms with Crippen LogP contribution in [-0.4, -0.2) is 34.1 Å². The van der Waals surface area contributed by atoms with Crippen molar-refractivity contribution in [3.63, 3.8) is 0 Å². The van der Waals surface area contributed by atoms with Crippen molar-refractivity contribution in [1.29, 1.82) is 0 Å². The molecule has 0 bridgehead atoms. The van der Waals surface area contributed by atoms with Crippen molar-refractivity contribution in [2.24, 2.45) is 0 Å². The molecule has 0 aliphatic rings. The van der Waals surface area contributed by atoms with Gasteiger partial charge in [-0.05, 0) is 40.7 Å². The van der Waals surface area contributed by atoms with Crippen LogP contribution in [0.5, 0.6) is 0 Å². The van der Waals surface area contributed by atoms with Crippen molar-refractivity contribution in [2.45, 2.75) is 44.7 Å². The summed E-state index contributed by atoms with van der Waals surface area (Å²) in [4.78, 5) is 14.8. The van der Waals surface area contributed by atoms with Crippen LogP contribution in [0.25, 0.3) is 11.5 Å². The van der Waals surface area contributed by atoms with Crippen LogP contribution < -0.4 is 0 Å². The van der Waals surface area contributed by atoms with E-state index in [-0.39, 0.29) is 42.0 Å². The SMILES string of the molecule is [CH2-]CN(C[CH2-])C(=O)C(Cc1ccc(-c2nnc(C(F)(F)F)o2)cc1F)c1ccc(C(C)(C)C)cc1.[O]=[Os]. The van der Waals surface area contributed by atoms with Crippen molar-refractivity contribution in [3.8, 4) is 11.5 Å². The van der Waals surface area contributed by atoms with Crippen LogP contribution in [0.3, 0.4) is 0 Å². The molecule has 0 radical (unpaired) electrons. The van der Waals surface area contributed by atoms with E-state index in [0.29, 0.717) is 24.1 Å². The molecular weight excluding hydrogens is 669 g/mol. The molecule has 1 unspecified atom stereocenters. The van der Waals surface area contributed by atoms with Gasteiger partial charge in [-0.2, -0.15) is 13.2 Å². The molecule has 0 aliphatic carbocycles. The molecule has 1 amide bonds. The molecule has 1 heterocycles. The Morgan fingerprint density at radius 3 is 2.08 bits per heavy atom. The summed E-state index contributed by atoms with van der Waals surface area (Å²) < 4.78 is 66.2. The summed E-state index contributed by atoms with van der Waals surface area (Å²) in [5, 5.41) is 6.32. The van der Waals surface area contributed by atoms with Crippen molar-refractivity contribution in [3.05, 3.63) is 84.7 Å². The Kier molecular flexibility index (Phi) is 10.4. The third-order valence-corrected chi connectivity index (χ3v) is 5.72. The zero-order valence-corrected chi connectivity index (χ0v) is 23.1. The van der Waals surface area contributed by atoms with Crippen LogP contribution in [0.1, 0.15) is 49.3 Å². The number of alkyl halides is 3. The van der Waals surface area contributed by atoms with Gasteiger partial charge >= 0.3 is 34.2 Å². The third-order valence-electron chi connectivity index (χ3n) is 5.72. The standard InChI is InChI=1S/C26H27F4N3O2.O.Os/c1-6-33(7-2)23(34)20(16-10-12-19(13-11-16)25(3,4)5)14-17-8-9-18(15-21(17)27)22-31-32-24(35-22)26(28,29)30;;/h8-13,15,20H,1-2,6-7,14H2,3-5H3;;/q-2;;. The summed E-state index contributed by atoms with van der Waals surface area (Å²) >= 11 is 0.611. The number of benzene rings is 2. The van der Waals surface area contributed by atoms with Crippen LogP contribution in [-0.2, 0) is 44.9 Å². The number of hydrogen-bond acceptors (Lipinski definition) is 5. The van der Waals surface area contributed by atoms with Gasteiger partial charge in [0.1, 0.15) is 5.82 Å². The number of hydrogen-bond donors (Lipinski definition) is 0. The first kappa shape index (κ1) is 30.4. The number of amides is 1. The van der Waals surface area contributed by atoms with E-state index in [1.165, 1.54) is 17.0 Å². The van der Waals surface area contributed by atoms with Gasteiger partial charge in [-0.15, -0.1) is 23.3 Å². The van der Waals surface area contributed by atoms with Gasteiger partial charge in [-0.3, -0.25) is 4.79 Å². The predicted octanol–water partition coefficient (Wildman–Crippen LogP) is 5.89. The fourth-order valence-corrected chi connectivity index (χ4v) is 3.64. The first-order valence-corrected chi connectivity index (χ1v) is 12.2. The first-order valence-electron chi connectivity index (χ1n) is 11.2. The fraction of sp³-hybridized carbons (Fsp3) is 0.346. The first-order chi connectivity index (χ1) is 17.3. The third kappa shape index (κ3) is 7.61. The molecule has 202 valence electrons. The summed E-state index contributed by atoms with van der Waals surface area (Å²) in [6, 6.07) is 11.4. The Labute approximate surface area is 223 Å². The number of carbonyl (C=O) groups is 1. The predicted molar refractivity (Wildman–Crippen MR) is 124 cm³/mol. The van der Waals surface area contributed by atoms with Crippen LogP contribution in [0.2, 0.25) is 0 Å². The van der Waals surface area contributed by atoms with Crippen molar-refractivity contribution < 1.29 is 48.9 Å². The van der Waals surface area contributed by atoms with E-state index in [4.69, 9.17) is 3.54 Å². The Morgan fingerprint density at radius 1 is 1.03 bits per heavy atom. The average molecular weight is 696 g/mol. The molecular formula is C26H27F4N3O3Os-2. The molecule has 0 spiro atoms. The summed E-state index contributed by atoms with van der Waals surface area (Å²) in [5.41, 5.74) is 1.95. The Morgan fingerprint density at radius 2 is 1.62 bits per heavy atom. The maximum atomic E-state index is 15.0. The molecule has 37 heavy (non-hydrogen) atoms. The molecule has 2 aromatic carbocycles. The van der Waals surface area contributed by atoms with Gasteiger partial charge in [0.2, 0.25) is 11.8 Å². The minimum atomic E-state index is -4.80. The molecule has 11 heteroatoms. The van der Waals surface area contributed by atoms with Crippen LogP contribution in [0.15, 0.2) is 46.9 Å². The van der Waals surface area contributed by atoms with Gasteiger partial charge in [-0.1, -0.05) is 51.1 Å². The number of halogens is 4. The zero-order chi connectivity index (χ0) is 28.0. The van der Waals surface area contributed by atoms with E-state index in [9.17, 15) is 18.0 Å². The number of rotatable bonds is 7. The van der Waals surface area contributed by atoms with Gasteiger partial charge in [0.05, 0.1) is 5.92 Å². The summed E-state index contributed by atoms with van der Waals surface area (Å²) in [6.45, 7) is 14.2. The van der Waals surface area contributed by atoms with Crippen LogP contribution >= 0.6 is 0 Å². The minimum absolute atomic E-state index is 0.00352. The molecule has 3 aromatic rings. The molecule has 1 aromatic heterocycles. The second kappa shape index (κ2) is 12.6. The van der Waals surface area contributed by atoms with E-state index < -0.39 is 29.7 Å². The molecule has 0 N–H and O–H groups in total. The second-order valence-corrected chi connectivity index (χ2v) is 9.17. The van der Waals surface area contributed by atoms with Gasteiger partial charge < -0.3 is 23.2 Å². The number of nitrogens with zero attached hydrogens (tertiary/aromatic N) is 3. The van der Waals surface area contributed by atoms with E-state index >= 15 is 4.39 Å². The fourth-order valence-electron chi connectivity index (χ4n) is 3.64. The summed E-state index contributed by atoms with van der Waals surface area (Å²) in [6.07, 6.45) is -4.76. The number of carbonyl (C=O) groups excluding carboxylic acids is 1. The van der Waals surface area contributed by atoms with E-state index in [2.05, 4.69) is 49.2 Å². The topological polar surface area (TPSA) is 76.3 Å². The maximum absolute atomic E-state index is 15.0. The van der Waals surface area contributed by atoms with Gasteiger partial charge in [-0.25, -0.2) is 4.39 Å². The normalized spacial score (nSPS) is 12.5. The molecule has 0 fully saturated rings. The van der Waals surface area contributed by atoms with Crippen LogP contribution in [0, 0.1) is 19.7 Å². The molecule has 3 rings (SSSR count).